The molecule has 0 unspecified atom stereocenters. The summed E-state index contributed by atoms with van der Waals surface area (Å²) in [6, 6.07) is 8.32. The molecule has 3 heteroatoms. The molecule has 1 fully saturated rings. The average molecular weight is 260 g/mol. The number of hydrogen-bond donors (Lipinski definition) is 1. The van der Waals surface area contributed by atoms with Gasteiger partial charge in [-0.25, -0.2) is 0 Å². The second-order valence-electron chi connectivity index (χ2n) is 5.78. The predicted molar refractivity (Wildman–Crippen MR) is 78.1 cm³/mol. The quantitative estimate of drug-likeness (QED) is 0.854. The Hall–Kier alpha value is -1.35. The van der Waals surface area contributed by atoms with Crippen LogP contribution in [0.15, 0.2) is 24.3 Å². The van der Waals surface area contributed by atoms with Gasteiger partial charge in [0.25, 0.3) is 5.91 Å². The molecular formula is C16H24N2O. The highest BCUT2D eigenvalue weighted by Crippen LogP contribution is 2.29. The van der Waals surface area contributed by atoms with E-state index in [1.54, 1.807) is 0 Å². The van der Waals surface area contributed by atoms with Crippen LogP contribution in [-0.2, 0) is 6.42 Å². The fourth-order valence-electron chi connectivity index (χ4n) is 2.43. The van der Waals surface area contributed by atoms with Crippen molar-refractivity contribution in [1.29, 1.82) is 0 Å². The third-order valence-electron chi connectivity index (χ3n) is 3.47. The van der Waals surface area contributed by atoms with E-state index < -0.39 is 0 Å². The smallest absolute Gasteiger partial charge is 0.254 e. The Kier molecular flexibility index (Phi) is 4.59. The van der Waals surface area contributed by atoms with Gasteiger partial charge in [0.15, 0.2) is 0 Å². The van der Waals surface area contributed by atoms with Crippen LogP contribution in [-0.4, -0.2) is 29.9 Å². The molecule has 0 aromatic heterocycles. The zero-order chi connectivity index (χ0) is 13.8. The molecule has 104 valence electrons. The summed E-state index contributed by atoms with van der Waals surface area (Å²) in [7, 11) is 0. The van der Waals surface area contributed by atoms with Gasteiger partial charge < -0.3 is 10.6 Å². The van der Waals surface area contributed by atoms with E-state index in [1.807, 2.05) is 24.3 Å². The molecule has 0 bridgehead atoms. The lowest BCUT2D eigenvalue weighted by atomic mass is 10.0. The van der Waals surface area contributed by atoms with Crippen LogP contribution in [0, 0.1) is 5.92 Å². The van der Waals surface area contributed by atoms with E-state index in [2.05, 4.69) is 18.7 Å². The standard InChI is InChI=1S/C16H24N2O/c1-12(2)11-18(14-7-8-14)16(19)15-6-4-3-5-13(15)9-10-17/h3-6,12,14H,7-11,17H2,1-2H3. The van der Waals surface area contributed by atoms with E-state index in [9.17, 15) is 4.79 Å². The zero-order valence-electron chi connectivity index (χ0n) is 11.9. The summed E-state index contributed by atoms with van der Waals surface area (Å²) < 4.78 is 0. The normalized spacial score (nSPS) is 14.7. The van der Waals surface area contributed by atoms with Crippen molar-refractivity contribution >= 4 is 5.91 Å². The van der Waals surface area contributed by atoms with Gasteiger partial charge in [0.1, 0.15) is 0 Å². The van der Waals surface area contributed by atoms with E-state index >= 15 is 0 Å². The van der Waals surface area contributed by atoms with Crippen LogP contribution in [0.1, 0.15) is 42.6 Å². The molecule has 0 saturated heterocycles. The topological polar surface area (TPSA) is 46.3 Å². The lowest BCUT2D eigenvalue weighted by molar-refractivity contribution is 0.0721. The maximum absolute atomic E-state index is 12.7. The van der Waals surface area contributed by atoms with Gasteiger partial charge in [-0.2, -0.15) is 0 Å². The van der Waals surface area contributed by atoms with Crippen molar-refractivity contribution in [2.75, 3.05) is 13.1 Å². The lowest BCUT2D eigenvalue weighted by Crippen LogP contribution is -2.36. The molecule has 2 rings (SSSR count). The van der Waals surface area contributed by atoms with E-state index in [0.717, 1.165) is 36.9 Å². The van der Waals surface area contributed by atoms with Gasteiger partial charge in [-0.1, -0.05) is 32.0 Å². The number of hydrogen-bond acceptors (Lipinski definition) is 2. The monoisotopic (exact) mass is 260 g/mol. The van der Waals surface area contributed by atoms with Gasteiger partial charge in [-0.05, 0) is 43.4 Å². The summed E-state index contributed by atoms with van der Waals surface area (Å²) in [5, 5.41) is 0. The van der Waals surface area contributed by atoms with E-state index in [-0.39, 0.29) is 5.91 Å². The fourth-order valence-corrected chi connectivity index (χ4v) is 2.43. The van der Waals surface area contributed by atoms with E-state index in [0.29, 0.717) is 18.5 Å². The SMILES string of the molecule is CC(C)CN(C(=O)c1ccccc1CCN)C1CC1. The Labute approximate surface area is 115 Å². The molecule has 1 aliphatic rings. The lowest BCUT2D eigenvalue weighted by Gasteiger charge is -2.25. The molecule has 0 aliphatic heterocycles. The molecule has 0 atom stereocenters. The summed E-state index contributed by atoms with van der Waals surface area (Å²) >= 11 is 0. The fraction of sp³-hybridized carbons (Fsp3) is 0.562. The Morgan fingerprint density at radius 2 is 2.05 bits per heavy atom. The van der Waals surface area contributed by atoms with Gasteiger partial charge in [0.2, 0.25) is 0 Å². The summed E-state index contributed by atoms with van der Waals surface area (Å²) in [5.74, 6) is 0.687. The van der Waals surface area contributed by atoms with E-state index in [4.69, 9.17) is 5.73 Å². The molecule has 1 aromatic carbocycles. The van der Waals surface area contributed by atoms with Crippen molar-refractivity contribution in [3.05, 3.63) is 35.4 Å². The van der Waals surface area contributed by atoms with Crippen molar-refractivity contribution in [1.82, 2.24) is 4.90 Å². The van der Waals surface area contributed by atoms with E-state index in [1.165, 1.54) is 0 Å². The maximum atomic E-state index is 12.7. The second-order valence-corrected chi connectivity index (χ2v) is 5.78. The molecule has 2 N–H and O–H groups in total. The second kappa shape index (κ2) is 6.20. The van der Waals surface area contributed by atoms with Crippen molar-refractivity contribution in [3.8, 4) is 0 Å². The van der Waals surface area contributed by atoms with Crippen molar-refractivity contribution in [2.45, 2.75) is 39.2 Å². The average Bonchev–Trinajstić information content (AvgIpc) is 3.20. The molecule has 0 radical (unpaired) electrons. The van der Waals surface area contributed by atoms with Crippen LogP contribution in [0.3, 0.4) is 0 Å². The number of nitrogens with two attached hydrogens (primary N) is 1. The van der Waals surface area contributed by atoms with Crippen LogP contribution < -0.4 is 5.73 Å². The van der Waals surface area contributed by atoms with Gasteiger partial charge in [-0.3, -0.25) is 4.79 Å². The Balaban J connectivity index is 2.21. The largest absolute Gasteiger partial charge is 0.335 e. The third kappa shape index (κ3) is 3.57. The number of benzene rings is 1. The van der Waals surface area contributed by atoms with Crippen LogP contribution in [0.2, 0.25) is 0 Å². The molecule has 1 amide bonds. The number of nitrogens with zero attached hydrogens (tertiary/aromatic N) is 1. The van der Waals surface area contributed by atoms with Gasteiger partial charge >= 0.3 is 0 Å². The summed E-state index contributed by atoms with van der Waals surface area (Å²) in [5.41, 5.74) is 7.54. The van der Waals surface area contributed by atoms with Crippen LogP contribution in [0.5, 0.6) is 0 Å². The van der Waals surface area contributed by atoms with Gasteiger partial charge in [0, 0.05) is 18.2 Å². The number of carbonyl (C=O) groups excluding carboxylic acids is 1. The highest BCUT2D eigenvalue weighted by molar-refractivity contribution is 5.96. The van der Waals surface area contributed by atoms with Crippen molar-refractivity contribution < 1.29 is 4.79 Å². The summed E-state index contributed by atoms with van der Waals surface area (Å²) in [6.45, 7) is 5.75. The first-order chi connectivity index (χ1) is 9.13. The third-order valence-corrected chi connectivity index (χ3v) is 3.47. The number of carbonyl (C=O) groups is 1. The summed E-state index contributed by atoms with van der Waals surface area (Å²) in [6.07, 6.45) is 3.07. The highest BCUT2D eigenvalue weighted by atomic mass is 16.2. The minimum atomic E-state index is 0.181. The number of amides is 1. The van der Waals surface area contributed by atoms with Gasteiger partial charge in [0.05, 0.1) is 0 Å². The van der Waals surface area contributed by atoms with Crippen LogP contribution in [0.4, 0.5) is 0 Å². The minimum Gasteiger partial charge on any atom is -0.335 e. The molecule has 1 aliphatic carbocycles. The molecule has 19 heavy (non-hydrogen) atoms. The molecule has 3 nitrogen and oxygen atoms in total. The summed E-state index contributed by atoms with van der Waals surface area (Å²) in [4.78, 5) is 14.8. The molecule has 0 spiro atoms. The zero-order valence-corrected chi connectivity index (χ0v) is 11.9. The highest BCUT2D eigenvalue weighted by Gasteiger charge is 2.33. The molecule has 1 aromatic rings. The first kappa shape index (κ1) is 14.1. The van der Waals surface area contributed by atoms with Crippen LogP contribution in [0.25, 0.3) is 0 Å². The Bertz CT molecular complexity index is 438. The molecular weight excluding hydrogens is 236 g/mol. The first-order valence-corrected chi connectivity index (χ1v) is 7.22. The van der Waals surface area contributed by atoms with Crippen LogP contribution >= 0.6 is 0 Å². The number of rotatable bonds is 6. The molecule has 1 saturated carbocycles. The van der Waals surface area contributed by atoms with Crippen molar-refractivity contribution in [3.63, 3.8) is 0 Å². The maximum Gasteiger partial charge on any atom is 0.254 e. The van der Waals surface area contributed by atoms with Gasteiger partial charge in [-0.15, -0.1) is 0 Å². The Morgan fingerprint density at radius 1 is 1.37 bits per heavy atom. The Morgan fingerprint density at radius 3 is 2.63 bits per heavy atom. The minimum absolute atomic E-state index is 0.181. The predicted octanol–water partition coefficient (Wildman–Crippen LogP) is 2.45. The molecule has 0 heterocycles. The first-order valence-electron chi connectivity index (χ1n) is 7.22. The van der Waals surface area contributed by atoms with Crippen molar-refractivity contribution in [2.24, 2.45) is 11.7 Å².